The van der Waals surface area contributed by atoms with Gasteiger partial charge >= 0.3 is 0 Å². The zero-order valence-electron chi connectivity index (χ0n) is 17.6. The number of para-hydroxylation sites is 1. The molecule has 1 heterocycles. The Labute approximate surface area is 171 Å². The smallest absolute Gasteiger partial charge is 0.262 e. The van der Waals surface area contributed by atoms with E-state index in [-0.39, 0.29) is 24.4 Å². The predicted octanol–water partition coefficient (Wildman–Crippen LogP) is 3.47. The molecule has 0 radical (unpaired) electrons. The molecule has 0 unspecified atom stereocenters. The number of hydrogen-bond donors (Lipinski definition) is 0. The molecule has 0 aromatic heterocycles. The molecular weight excluding hydrogens is 366 g/mol. The van der Waals surface area contributed by atoms with E-state index in [2.05, 4.69) is 31.1 Å². The van der Waals surface area contributed by atoms with Gasteiger partial charge in [-0.15, -0.1) is 0 Å². The Morgan fingerprint density at radius 2 is 1.90 bits per heavy atom. The van der Waals surface area contributed by atoms with Gasteiger partial charge in [0, 0.05) is 26.0 Å². The molecule has 6 nitrogen and oxygen atoms in total. The number of ether oxygens (including phenoxy) is 1. The van der Waals surface area contributed by atoms with E-state index < -0.39 is 0 Å². The monoisotopic (exact) mass is 393 g/mol. The lowest BCUT2D eigenvalue weighted by Crippen LogP contribution is -2.38. The highest BCUT2D eigenvalue weighted by Gasteiger charge is 2.35. The number of benzene rings is 2. The van der Waals surface area contributed by atoms with E-state index in [1.165, 1.54) is 28.0 Å². The lowest BCUT2D eigenvalue weighted by atomic mass is 9.96. The standard InChI is InChI=1S/C23H27N3O3/c1-15-10-11-18(12-16(15)2)20-13-21(19-8-6-7-9-22(19)29-5)26(24-20)23(28)14-25(4)17(3)27/h6-12,21H,13-14H2,1-5H3/t21-/m1/s1. The highest BCUT2D eigenvalue weighted by molar-refractivity contribution is 6.03. The third-order valence-electron chi connectivity index (χ3n) is 5.41. The van der Waals surface area contributed by atoms with Crippen LogP contribution in [0.1, 0.15) is 41.6 Å². The van der Waals surface area contributed by atoms with E-state index >= 15 is 0 Å². The van der Waals surface area contributed by atoms with Gasteiger partial charge < -0.3 is 9.64 Å². The average molecular weight is 393 g/mol. The second kappa shape index (κ2) is 8.47. The minimum absolute atomic E-state index is 0.0231. The van der Waals surface area contributed by atoms with Crippen LogP contribution in [0.4, 0.5) is 0 Å². The molecule has 3 rings (SSSR count). The zero-order chi connectivity index (χ0) is 21.1. The van der Waals surface area contributed by atoms with E-state index in [1.54, 1.807) is 14.2 Å². The SMILES string of the molecule is COc1ccccc1[C@H]1CC(c2ccc(C)c(C)c2)=NN1C(=O)CN(C)C(C)=O. The molecule has 0 aliphatic carbocycles. The normalized spacial score (nSPS) is 15.8. The number of hydrazone groups is 1. The van der Waals surface area contributed by atoms with Gasteiger partial charge in [-0.25, -0.2) is 5.01 Å². The van der Waals surface area contributed by atoms with Crippen molar-refractivity contribution in [3.05, 3.63) is 64.7 Å². The maximum Gasteiger partial charge on any atom is 0.262 e. The molecule has 1 aliphatic rings. The first kappa shape index (κ1) is 20.6. The highest BCUT2D eigenvalue weighted by atomic mass is 16.5. The van der Waals surface area contributed by atoms with Gasteiger partial charge in [-0.05, 0) is 42.7 Å². The number of hydrogen-bond acceptors (Lipinski definition) is 4. The summed E-state index contributed by atoms with van der Waals surface area (Å²) in [5.74, 6) is 0.328. The van der Waals surface area contributed by atoms with Crippen LogP contribution in [0.15, 0.2) is 47.6 Å². The topological polar surface area (TPSA) is 62.2 Å². The highest BCUT2D eigenvalue weighted by Crippen LogP contribution is 2.37. The van der Waals surface area contributed by atoms with Crippen molar-refractivity contribution < 1.29 is 14.3 Å². The fourth-order valence-electron chi connectivity index (χ4n) is 3.41. The van der Waals surface area contributed by atoms with E-state index in [4.69, 9.17) is 4.74 Å². The average Bonchev–Trinajstić information content (AvgIpc) is 3.15. The fourth-order valence-corrected chi connectivity index (χ4v) is 3.41. The molecule has 2 aromatic rings. The van der Waals surface area contributed by atoms with Gasteiger partial charge in [0.25, 0.3) is 5.91 Å². The molecule has 0 bridgehead atoms. The molecule has 0 saturated heterocycles. The summed E-state index contributed by atoms with van der Waals surface area (Å²) < 4.78 is 5.53. The molecule has 1 aliphatic heterocycles. The van der Waals surface area contributed by atoms with E-state index in [0.717, 1.165) is 16.8 Å². The molecule has 0 saturated carbocycles. The number of likely N-dealkylation sites (N-methyl/N-ethyl adjacent to an activating group) is 1. The molecular formula is C23H27N3O3. The number of methoxy groups -OCH3 is 1. The number of rotatable bonds is 5. The van der Waals surface area contributed by atoms with Crippen LogP contribution in [0.2, 0.25) is 0 Å². The van der Waals surface area contributed by atoms with Crippen LogP contribution in [0.3, 0.4) is 0 Å². The lowest BCUT2D eigenvalue weighted by molar-refractivity contribution is -0.139. The summed E-state index contributed by atoms with van der Waals surface area (Å²) in [5, 5.41) is 6.18. The van der Waals surface area contributed by atoms with Crippen molar-refractivity contribution in [3.8, 4) is 5.75 Å². The van der Waals surface area contributed by atoms with Gasteiger partial charge in [0.05, 0.1) is 18.9 Å². The molecule has 6 heteroatoms. The summed E-state index contributed by atoms with van der Waals surface area (Å²) in [5.41, 5.74) is 5.15. The summed E-state index contributed by atoms with van der Waals surface area (Å²) in [7, 11) is 3.23. The molecule has 29 heavy (non-hydrogen) atoms. The first-order valence-corrected chi connectivity index (χ1v) is 9.63. The number of amides is 2. The molecule has 152 valence electrons. The van der Waals surface area contributed by atoms with Crippen molar-refractivity contribution in [2.45, 2.75) is 33.2 Å². The first-order valence-electron chi connectivity index (χ1n) is 9.63. The summed E-state index contributed by atoms with van der Waals surface area (Å²) in [4.78, 5) is 26.0. The molecule has 0 N–H and O–H groups in total. The second-order valence-corrected chi connectivity index (χ2v) is 7.42. The third-order valence-corrected chi connectivity index (χ3v) is 5.41. The lowest BCUT2D eigenvalue weighted by Gasteiger charge is -2.25. The number of carbonyl (C=O) groups excluding carboxylic acids is 2. The fraction of sp³-hybridized carbons (Fsp3) is 0.348. The summed E-state index contributed by atoms with van der Waals surface area (Å²) in [6.07, 6.45) is 0.582. The van der Waals surface area contributed by atoms with Crippen LogP contribution in [0.5, 0.6) is 5.75 Å². The van der Waals surface area contributed by atoms with E-state index in [0.29, 0.717) is 12.2 Å². The Bertz CT molecular complexity index is 968. The van der Waals surface area contributed by atoms with Crippen LogP contribution < -0.4 is 4.74 Å². The quantitative estimate of drug-likeness (QED) is 0.781. The van der Waals surface area contributed by atoms with Crippen LogP contribution >= 0.6 is 0 Å². The van der Waals surface area contributed by atoms with Gasteiger partial charge in [-0.1, -0.05) is 30.3 Å². The Morgan fingerprint density at radius 1 is 1.17 bits per heavy atom. The van der Waals surface area contributed by atoms with Crippen LogP contribution in [0.25, 0.3) is 0 Å². The second-order valence-electron chi connectivity index (χ2n) is 7.42. The van der Waals surface area contributed by atoms with Crippen molar-refractivity contribution in [1.29, 1.82) is 0 Å². The minimum atomic E-state index is -0.282. The minimum Gasteiger partial charge on any atom is -0.496 e. The Balaban J connectivity index is 1.99. The Kier molecular flexibility index (Phi) is 6.01. The van der Waals surface area contributed by atoms with E-state index in [1.807, 2.05) is 30.3 Å². The first-order chi connectivity index (χ1) is 13.8. The van der Waals surface area contributed by atoms with Gasteiger partial charge in [0.1, 0.15) is 12.3 Å². The van der Waals surface area contributed by atoms with Gasteiger partial charge in [0.2, 0.25) is 5.91 Å². The number of carbonyl (C=O) groups is 2. The molecule has 2 amide bonds. The van der Waals surface area contributed by atoms with Crippen LogP contribution in [-0.4, -0.2) is 48.1 Å². The molecule has 0 spiro atoms. The number of nitrogens with zero attached hydrogens (tertiary/aromatic N) is 3. The molecule has 1 atom stereocenters. The Morgan fingerprint density at radius 3 is 2.55 bits per heavy atom. The summed E-state index contributed by atoms with van der Waals surface area (Å²) in [6.45, 7) is 5.56. The van der Waals surface area contributed by atoms with E-state index in [9.17, 15) is 9.59 Å². The van der Waals surface area contributed by atoms with Crippen molar-refractivity contribution in [1.82, 2.24) is 9.91 Å². The van der Waals surface area contributed by atoms with Gasteiger partial charge in [-0.3, -0.25) is 9.59 Å². The van der Waals surface area contributed by atoms with Gasteiger partial charge in [-0.2, -0.15) is 5.10 Å². The van der Waals surface area contributed by atoms with Gasteiger partial charge in [0.15, 0.2) is 0 Å². The third kappa shape index (κ3) is 4.31. The largest absolute Gasteiger partial charge is 0.496 e. The van der Waals surface area contributed by atoms with Crippen molar-refractivity contribution in [2.75, 3.05) is 20.7 Å². The molecule has 0 fully saturated rings. The zero-order valence-corrected chi connectivity index (χ0v) is 17.6. The van der Waals surface area contributed by atoms with Crippen molar-refractivity contribution in [2.24, 2.45) is 5.10 Å². The molecule has 2 aromatic carbocycles. The van der Waals surface area contributed by atoms with Crippen molar-refractivity contribution >= 4 is 17.5 Å². The van der Waals surface area contributed by atoms with Crippen LogP contribution in [0, 0.1) is 13.8 Å². The summed E-state index contributed by atoms with van der Waals surface area (Å²) >= 11 is 0. The maximum absolute atomic E-state index is 13.0. The Hall–Kier alpha value is -3.15. The van der Waals surface area contributed by atoms with Crippen LogP contribution in [-0.2, 0) is 9.59 Å². The summed E-state index contributed by atoms with van der Waals surface area (Å²) in [6, 6.07) is 13.6. The predicted molar refractivity (Wildman–Crippen MR) is 113 cm³/mol. The number of aryl methyl sites for hydroxylation is 2. The van der Waals surface area contributed by atoms with Crippen molar-refractivity contribution in [3.63, 3.8) is 0 Å². The maximum atomic E-state index is 13.0.